The van der Waals surface area contributed by atoms with Crippen molar-refractivity contribution in [1.29, 1.82) is 0 Å². The van der Waals surface area contributed by atoms with Crippen molar-refractivity contribution in [3.8, 4) is 12.3 Å². The highest BCUT2D eigenvalue weighted by Gasteiger charge is 2.11. The Morgan fingerprint density at radius 3 is 3.15 bits per heavy atom. The molecule has 0 aliphatic heterocycles. The molecule has 0 aliphatic carbocycles. The number of thiophene rings is 1. The van der Waals surface area contributed by atoms with E-state index < -0.39 is 6.04 Å². The summed E-state index contributed by atoms with van der Waals surface area (Å²) in [4.78, 5) is 11.3. The summed E-state index contributed by atoms with van der Waals surface area (Å²) in [5.41, 5.74) is 6.26. The lowest BCUT2D eigenvalue weighted by atomic mass is 10.2. The molecular weight excluding hydrogens is 184 g/mol. The second-order valence-electron chi connectivity index (χ2n) is 2.52. The maximum atomic E-state index is 11.3. The molecule has 1 rings (SSSR count). The first-order valence-corrected chi connectivity index (χ1v) is 4.70. The van der Waals surface area contributed by atoms with Crippen molar-refractivity contribution in [3.05, 3.63) is 16.8 Å². The molecule has 1 atom stereocenters. The lowest BCUT2D eigenvalue weighted by molar-refractivity contribution is -0.117. The molecule has 0 saturated carbocycles. The van der Waals surface area contributed by atoms with Crippen LogP contribution in [0.1, 0.15) is 6.42 Å². The number of hydrogen-bond acceptors (Lipinski definition) is 3. The van der Waals surface area contributed by atoms with E-state index >= 15 is 0 Å². The van der Waals surface area contributed by atoms with Crippen LogP contribution in [0.5, 0.6) is 0 Å². The third-order valence-corrected chi connectivity index (χ3v) is 2.15. The summed E-state index contributed by atoms with van der Waals surface area (Å²) in [7, 11) is 0. The van der Waals surface area contributed by atoms with Crippen LogP contribution in [0.4, 0.5) is 5.69 Å². The van der Waals surface area contributed by atoms with E-state index in [9.17, 15) is 4.79 Å². The maximum Gasteiger partial charge on any atom is 0.242 e. The Labute approximate surface area is 80.9 Å². The molecule has 1 amide bonds. The van der Waals surface area contributed by atoms with E-state index in [-0.39, 0.29) is 12.3 Å². The molecule has 1 unspecified atom stereocenters. The van der Waals surface area contributed by atoms with Gasteiger partial charge in [0.05, 0.1) is 11.7 Å². The normalized spacial score (nSPS) is 11.7. The van der Waals surface area contributed by atoms with Gasteiger partial charge in [0.25, 0.3) is 0 Å². The Hall–Kier alpha value is -1.31. The molecule has 0 spiro atoms. The number of carbonyl (C=O) groups excluding carboxylic acids is 1. The lowest BCUT2D eigenvalue weighted by Crippen LogP contribution is -2.35. The average Bonchev–Trinajstić information content (AvgIpc) is 2.57. The molecule has 3 nitrogen and oxygen atoms in total. The van der Waals surface area contributed by atoms with Crippen LogP contribution in [0, 0.1) is 12.3 Å². The first kappa shape index (κ1) is 9.78. The van der Waals surface area contributed by atoms with Gasteiger partial charge in [0, 0.05) is 11.8 Å². The summed E-state index contributed by atoms with van der Waals surface area (Å²) in [6.45, 7) is 0. The number of carbonyl (C=O) groups is 1. The Bertz CT molecular complexity index is 313. The highest BCUT2D eigenvalue weighted by atomic mass is 32.1. The van der Waals surface area contributed by atoms with Gasteiger partial charge in [-0.1, -0.05) is 0 Å². The van der Waals surface area contributed by atoms with Gasteiger partial charge in [-0.15, -0.1) is 12.3 Å². The first-order valence-electron chi connectivity index (χ1n) is 3.76. The standard InChI is InChI=1S/C9H10N2OS/c1-2-3-8(10)9(12)11-7-4-5-13-6-7/h1,4-6,8H,3,10H2,(H,11,12). The largest absolute Gasteiger partial charge is 0.324 e. The minimum absolute atomic E-state index is 0.239. The van der Waals surface area contributed by atoms with E-state index in [4.69, 9.17) is 12.2 Å². The molecule has 1 aromatic rings. The van der Waals surface area contributed by atoms with Gasteiger partial charge in [-0.25, -0.2) is 0 Å². The van der Waals surface area contributed by atoms with Crippen molar-refractivity contribution in [3.63, 3.8) is 0 Å². The minimum atomic E-state index is -0.620. The van der Waals surface area contributed by atoms with Crippen LogP contribution < -0.4 is 11.1 Å². The van der Waals surface area contributed by atoms with Crippen LogP contribution in [-0.4, -0.2) is 11.9 Å². The molecular formula is C9H10N2OS. The Morgan fingerprint density at radius 2 is 2.62 bits per heavy atom. The van der Waals surface area contributed by atoms with Crippen LogP contribution in [0.15, 0.2) is 16.8 Å². The Kier molecular flexibility index (Phi) is 3.50. The Morgan fingerprint density at radius 1 is 1.85 bits per heavy atom. The van der Waals surface area contributed by atoms with E-state index in [1.165, 1.54) is 11.3 Å². The summed E-state index contributed by atoms with van der Waals surface area (Å²) in [5, 5.41) is 6.37. The molecule has 3 N–H and O–H groups in total. The fraction of sp³-hybridized carbons (Fsp3) is 0.222. The zero-order valence-electron chi connectivity index (χ0n) is 6.99. The van der Waals surface area contributed by atoms with Gasteiger partial charge < -0.3 is 11.1 Å². The summed E-state index contributed by atoms with van der Waals surface area (Å²) in [5.74, 6) is 2.11. The molecule has 0 aliphatic rings. The highest BCUT2D eigenvalue weighted by molar-refractivity contribution is 7.08. The van der Waals surface area contributed by atoms with Gasteiger partial charge in [0.2, 0.25) is 5.91 Å². The van der Waals surface area contributed by atoms with Gasteiger partial charge in [-0.05, 0) is 11.4 Å². The molecule has 4 heteroatoms. The molecule has 1 aromatic heterocycles. The minimum Gasteiger partial charge on any atom is -0.324 e. The second kappa shape index (κ2) is 4.65. The average molecular weight is 194 g/mol. The third-order valence-electron chi connectivity index (χ3n) is 1.46. The van der Waals surface area contributed by atoms with Crippen molar-refractivity contribution in [2.24, 2.45) is 5.73 Å². The molecule has 68 valence electrons. The van der Waals surface area contributed by atoms with E-state index in [0.29, 0.717) is 0 Å². The number of hydrogen-bond donors (Lipinski definition) is 2. The van der Waals surface area contributed by atoms with E-state index in [2.05, 4.69) is 11.2 Å². The van der Waals surface area contributed by atoms with Crippen LogP contribution in [0.3, 0.4) is 0 Å². The van der Waals surface area contributed by atoms with Crippen molar-refractivity contribution in [2.75, 3.05) is 5.32 Å². The summed E-state index contributed by atoms with van der Waals surface area (Å²) in [6, 6.07) is 1.19. The SMILES string of the molecule is C#CCC(N)C(=O)Nc1ccsc1. The molecule has 0 radical (unpaired) electrons. The zero-order valence-corrected chi connectivity index (χ0v) is 7.80. The topological polar surface area (TPSA) is 55.1 Å². The van der Waals surface area contributed by atoms with E-state index in [1.54, 1.807) is 0 Å². The van der Waals surface area contributed by atoms with Gasteiger partial charge in [-0.3, -0.25) is 4.79 Å². The second-order valence-corrected chi connectivity index (χ2v) is 3.30. The fourth-order valence-corrected chi connectivity index (χ4v) is 1.38. The van der Waals surface area contributed by atoms with Crippen molar-refractivity contribution >= 4 is 22.9 Å². The van der Waals surface area contributed by atoms with Crippen molar-refractivity contribution < 1.29 is 4.79 Å². The van der Waals surface area contributed by atoms with Gasteiger partial charge in [-0.2, -0.15) is 11.3 Å². The third kappa shape index (κ3) is 2.90. The first-order chi connectivity index (χ1) is 6.24. The number of rotatable bonds is 3. The summed E-state index contributed by atoms with van der Waals surface area (Å²) in [6.07, 6.45) is 5.29. The van der Waals surface area contributed by atoms with E-state index in [1.807, 2.05) is 16.8 Å². The molecule has 13 heavy (non-hydrogen) atoms. The highest BCUT2D eigenvalue weighted by Crippen LogP contribution is 2.11. The van der Waals surface area contributed by atoms with Crippen LogP contribution in [0.2, 0.25) is 0 Å². The predicted octanol–water partition coefficient (Wildman–Crippen LogP) is 1.04. The molecule has 0 saturated heterocycles. The molecule has 0 aromatic carbocycles. The number of anilines is 1. The van der Waals surface area contributed by atoms with Crippen molar-refractivity contribution in [1.82, 2.24) is 0 Å². The monoisotopic (exact) mass is 194 g/mol. The van der Waals surface area contributed by atoms with E-state index in [0.717, 1.165) is 5.69 Å². The maximum absolute atomic E-state index is 11.3. The smallest absolute Gasteiger partial charge is 0.242 e. The van der Waals surface area contributed by atoms with Crippen LogP contribution in [-0.2, 0) is 4.79 Å². The number of terminal acetylenes is 1. The van der Waals surface area contributed by atoms with Gasteiger partial charge in [0.15, 0.2) is 0 Å². The summed E-state index contributed by atoms with van der Waals surface area (Å²) >= 11 is 1.51. The predicted molar refractivity (Wildman–Crippen MR) is 54.4 cm³/mol. The quantitative estimate of drug-likeness (QED) is 0.706. The Balaban J connectivity index is 2.47. The number of nitrogens with one attached hydrogen (secondary N) is 1. The van der Waals surface area contributed by atoms with Gasteiger partial charge in [0.1, 0.15) is 0 Å². The fourth-order valence-electron chi connectivity index (χ4n) is 0.790. The molecule has 1 heterocycles. The lowest BCUT2D eigenvalue weighted by Gasteiger charge is -2.07. The van der Waals surface area contributed by atoms with Gasteiger partial charge >= 0.3 is 0 Å². The zero-order chi connectivity index (χ0) is 9.68. The van der Waals surface area contributed by atoms with Crippen LogP contribution >= 0.6 is 11.3 Å². The van der Waals surface area contributed by atoms with Crippen molar-refractivity contribution in [2.45, 2.75) is 12.5 Å². The molecule has 0 bridgehead atoms. The van der Waals surface area contributed by atoms with Crippen LogP contribution in [0.25, 0.3) is 0 Å². The summed E-state index contributed by atoms with van der Waals surface area (Å²) < 4.78 is 0. The number of nitrogens with two attached hydrogens (primary N) is 1. The number of amides is 1. The molecule has 0 fully saturated rings.